The van der Waals surface area contributed by atoms with E-state index in [4.69, 9.17) is 5.14 Å². The monoisotopic (exact) mass is 346 g/mol. The molecule has 2 aromatic carbocycles. The first-order valence-electron chi connectivity index (χ1n) is 7.54. The third kappa shape index (κ3) is 5.07. The zero-order valence-corrected chi connectivity index (χ0v) is 14.5. The molecule has 0 saturated heterocycles. The first-order chi connectivity index (χ1) is 11.4. The van der Waals surface area contributed by atoms with Crippen LogP contribution in [0.1, 0.15) is 24.1 Å². The summed E-state index contributed by atoms with van der Waals surface area (Å²) in [6.07, 6.45) is 0. The Labute approximate surface area is 142 Å². The van der Waals surface area contributed by atoms with Crippen LogP contribution in [0.15, 0.2) is 64.5 Å². The second kappa shape index (κ2) is 7.94. The third-order valence-electron chi connectivity index (χ3n) is 3.56. The van der Waals surface area contributed by atoms with Gasteiger partial charge >= 0.3 is 0 Å². The van der Waals surface area contributed by atoms with Crippen molar-refractivity contribution in [3.63, 3.8) is 0 Å². The largest absolute Gasteiger partial charge is 0.352 e. The highest BCUT2D eigenvalue weighted by Gasteiger charge is 2.09. The predicted molar refractivity (Wildman–Crippen MR) is 96.0 cm³/mol. The van der Waals surface area contributed by atoms with Crippen molar-refractivity contribution < 1.29 is 8.42 Å². The summed E-state index contributed by atoms with van der Waals surface area (Å²) in [5.74, 6) is 0.632. The molecule has 2 rings (SSSR count). The van der Waals surface area contributed by atoms with Crippen molar-refractivity contribution in [2.45, 2.75) is 24.4 Å². The van der Waals surface area contributed by atoms with Crippen LogP contribution in [0.25, 0.3) is 0 Å². The minimum Gasteiger partial charge on any atom is -0.352 e. The highest BCUT2D eigenvalue weighted by Crippen LogP contribution is 2.11. The lowest BCUT2D eigenvalue weighted by molar-refractivity contribution is 0.597. The van der Waals surface area contributed by atoms with Crippen LogP contribution in [0.3, 0.4) is 0 Å². The maximum Gasteiger partial charge on any atom is 0.238 e. The van der Waals surface area contributed by atoms with Gasteiger partial charge in [0, 0.05) is 13.6 Å². The van der Waals surface area contributed by atoms with Gasteiger partial charge in [0.05, 0.1) is 10.9 Å². The number of aliphatic imine (C=N–C) groups is 1. The molecule has 6 nitrogen and oxygen atoms in total. The fourth-order valence-corrected chi connectivity index (χ4v) is 2.83. The number of sulfonamides is 1. The molecule has 0 radical (unpaired) electrons. The molecular weight excluding hydrogens is 324 g/mol. The molecule has 0 aromatic heterocycles. The number of rotatable bonds is 5. The standard InChI is InChI=1S/C17H22N4O2S/c1-13(15-8-4-3-5-9-15)21-17(19-2)20-12-14-7-6-10-16(11-14)24(18,22)23/h3-11,13H,12H2,1-2H3,(H2,18,22,23)(H2,19,20,21). The van der Waals surface area contributed by atoms with Gasteiger partial charge in [0.1, 0.15) is 0 Å². The summed E-state index contributed by atoms with van der Waals surface area (Å²) in [6.45, 7) is 2.48. The molecule has 7 heteroatoms. The van der Waals surface area contributed by atoms with Crippen molar-refractivity contribution in [3.8, 4) is 0 Å². The van der Waals surface area contributed by atoms with E-state index in [2.05, 4.69) is 15.6 Å². The molecular formula is C17H22N4O2S. The van der Waals surface area contributed by atoms with E-state index in [1.165, 1.54) is 6.07 Å². The lowest BCUT2D eigenvalue weighted by Gasteiger charge is -2.18. The van der Waals surface area contributed by atoms with E-state index in [9.17, 15) is 8.42 Å². The Kier molecular flexibility index (Phi) is 5.94. The molecule has 24 heavy (non-hydrogen) atoms. The van der Waals surface area contributed by atoms with Gasteiger partial charge in [-0.15, -0.1) is 0 Å². The lowest BCUT2D eigenvalue weighted by atomic mass is 10.1. The molecule has 0 heterocycles. The molecule has 0 spiro atoms. The van der Waals surface area contributed by atoms with E-state index < -0.39 is 10.0 Å². The minimum atomic E-state index is -3.70. The van der Waals surface area contributed by atoms with Gasteiger partial charge in [-0.1, -0.05) is 42.5 Å². The van der Waals surface area contributed by atoms with E-state index in [0.29, 0.717) is 12.5 Å². The third-order valence-corrected chi connectivity index (χ3v) is 4.47. The quantitative estimate of drug-likeness (QED) is 0.568. The van der Waals surface area contributed by atoms with Crippen LogP contribution in [0.2, 0.25) is 0 Å². The second-order valence-corrected chi connectivity index (χ2v) is 6.96. The normalized spacial score (nSPS) is 13.4. The molecule has 0 saturated carbocycles. The predicted octanol–water partition coefficient (Wildman–Crippen LogP) is 1.76. The summed E-state index contributed by atoms with van der Waals surface area (Å²) in [5.41, 5.74) is 1.95. The molecule has 0 aliphatic heterocycles. The van der Waals surface area contributed by atoms with E-state index in [1.54, 1.807) is 19.2 Å². The second-order valence-electron chi connectivity index (χ2n) is 5.39. The maximum absolute atomic E-state index is 11.4. The Bertz CT molecular complexity index is 804. The van der Waals surface area contributed by atoms with Crippen LogP contribution in [-0.4, -0.2) is 21.4 Å². The van der Waals surface area contributed by atoms with E-state index in [1.807, 2.05) is 43.3 Å². The SMILES string of the molecule is CN=C(NCc1cccc(S(N)(=O)=O)c1)NC(C)c1ccccc1. The molecule has 128 valence electrons. The number of benzene rings is 2. The molecule has 0 bridgehead atoms. The molecule has 4 N–H and O–H groups in total. The van der Waals surface area contributed by atoms with Gasteiger partial charge in [0.2, 0.25) is 10.0 Å². The van der Waals surface area contributed by atoms with E-state index in [0.717, 1.165) is 11.1 Å². The Morgan fingerprint density at radius 1 is 1.17 bits per heavy atom. The van der Waals surface area contributed by atoms with Crippen molar-refractivity contribution >= 4 is 16.0 Å². The number of guanidine groups is 1. The number of nitrogens with two attached hydrogens (primary N) is 1. The maximum atomic E-state index is 11.4. The first-order valence-corrected chi connectivity index (χ1v) is 9.08. The molecule has 0 amide bonds. The van der Waals surface area contributed by atoms with Gasteiger partial charge < -0.3 is 10.6 Å². The summed E-state index contributed by atoms with van der Waals surface area (Å²) in [4.78, 5) is 4.29. The number of nitrogens with one attached hydrogen (secondary N) is 2. The molecule has 0 aliphatic carbocycles. The first kappa shape index (κ1) is 18.0. The van der Waals surface area contributed by atoms with Crippen LogP contribution in [0, 0.1) is 0 Å². The minimum absolute atomic E-state index is 0.0909. The molecule has 2 aromatic rings. The highest BCUT2D eigenvalue weighted by molar-refractivity contribution is 7.89. The van der Waals surface area contributed by atoms with Gasteiger partial charge in [0.15, 0.2) is 5.96 Å². The zero-order valence-electron chi connectivity index (χ0n) is 13.7. The highest BCUT2D eigenvalue weighted by atomic mass is 32.2. The summed E-state index contributed by atoms with van der Waals surface area (Å²) >= 11 is 0. The van der Waals surface area contributed by atoms with E-state index in [-0.39, 0.29) is 10.9 Å². The Morgan fingerprint density at radius 3 is 2.50 bits per heavy atom. The van der Waals surface area contributed by atoms with Crippen molar-refractivity contribution in [1.29, 1.82) is 0 Å². The van der Waals surface area contributed by atoms with Crippen LogP contribution in [0.4, 0.5) is 0 Å². The summed E-state index contributed by atoms with van der Waals surface area (Å²) in [6, 6.07) is 16.6. The van der Waals surface area contributed by atoms with Gasteiger partial charge in [-0.3, -0.25) is 4.99 Å². The molecule has 0 fully saturated rings. The van der Waals surface area contributed by atoms with Crippen LogP contribution >= 0.6 is 0 Å². The van der Waals surface area contributed by atoms with E-state index >= 15 is 0 Å². The van der Waals surface area contributed by atoms with Crippen LogP contribution in [0.5, 0.6) is 0 Å². The Hall–Kier alpha value is -2.38. The summed E-state index contributed by atoms with van der Waals surface area (Å²) < 4.78 is 22.8. The van der Waals surface area contributed by atoms with Crippen molar-refractivity contribution in [2.24, 2.45) is 10.1 Å². The zero-order chi connectivity index (χ0) is 17.6. The Morgan fingerprint density at radius 2 is 1.88 bits per heavy atom. The molecule has 1 unspecified atom stereocenters. The molecule has 1 atom stereocenters. The van der Waals surface area contributed by atoms with Crippen molar-refractivity contribution in [3.05, 3.63) is 65.7 Å². The number of nitrogens with zero attached hydrogens (tertiary/aromatic N) is 1. The fraction of sp³-hybridized carbons (Fsp3) is 0.235. The summed E-state index contributed by atoms with van der Waals surface area (Å²) in [7, 11) is -2.01. The summed E-state index contributed by atoms with van der Waals surface area (Å²) in [5, 5.41) is 11.6. The lowest BCUT2D eigenvalue weighted by Crippen LogP contribution is -2.38. The van der Waals surface area contributed by atoms with Gasteiger partial charge in [0.25, 0.3) is 0 Å². The van der Waals surface area contributed by atoms with Gasteiger partial charge in [-0.05, 0) is 30.2 Å². The average Bonchev–Trinajstić information content (AvgIpc) is 2.58. The molecule has 0 aliphatic rings. The van der Waals surface area contributed by atoms with Gasteiger partial charge in [-0.2, -0.15) is 0 Å². The average molecular weight is 346 g/mol. The topological polar surface area (TPSA) is 96.6 Å². The fourth-order valence-electron chi connectivity index (χ4n) is 2.24. The van der Waals surface area contributed by atoms with Gasteiger partial charge in [-0.25, -0.2) is 13.6 Å². The van der Waals surface area contributed by atoms with Crippen LogP contribution < -0.4 is 15.8 Å². The Balaban J connectivity index is 2.00. The van der Waals surface area contributed by atoms with Crippen molar-refractivity contribution in [2.75, 3.05) is 7.05 Å². The number of hydrogen-bond donors (Lipinski definition) is 3. The number of primary sulfonamides is 1. The number of hydrogen-bond acceptors (Lipinski definition) is 3. The van der Waals surface area contributed by atoms with Crippen LogP contribution in [-0.2, 0) is 16.6 Å². The van der Waals surface area contributed by atoms with Crippen molar-refractivity contribution in [1.82, 2.24) is 10.6 Å². The smallest absolute Gasteiger partial charge is 0.238 e.